The van der Waals surface area contributed by atoms with Crippen molar-refractivity contribution >= 4 is 23.3 Å². The number of amides is 1. The number of pyridine rings is 1. The van der Waals surface area contributed by atoms with E-state index in [0.717, 1.165) is 16.7 Å². The van der Waals surface area contributed by atoms with Gasteiger partial charge in [-0.15, -0.1) is 0 Å². The summed E-state index contributed by atoms with van der Waals surface area (Å²) in [5, 5.41) is 7.59. The molecular weight excluding hydrogens is 457 g/mol. The second kappa shape index (κ2) is 10.5. The van der Waals surface area contributed by atoms with Crippen molar-refractivity contribution in [3.05, 3.63) is 89.1 Å². The highest BCUT2D eigenvalue weighted by atomic mass is 35.5. The summed E-state index contributed by atoms with van der Waals surface area (Å²) in [6, 6.07) is 13.3. The number of benzene rings is 2. The number of anilines is 1. The van der Waals surface area contributed by atoms with Crippen LogP contribution in [0, 0.1) is 5.82 Å². The van der Waals surface area contributed by atoms with Gasteiger partial charge in [0.15, 0.2) is 0 Å². The average molecular weight is 480 g/mol. The van der Waals surface area contributed by atoms with Crippen LogP contribution in [0.3, 0.4) is 0 Å². The number of methoxy groups -OCH3 is 1. The fraction of sp³-hybridized carbons (Fsp3) is 0.160. The molecule has 4 rings (SSSR count). The van der Waals surface area contributed by atoms with Gasteiger partial charge < -0.3 is 15.8 Å². The minimum absolute atomic E-state index is 0.0621. The van der Waals surface area contributed by atoms with E-state index in [0.29, 0.717) is 29.3 Å². The molecule has 0 bridgehead atoms. The van der Waals surface area contributed by atoms with Gasteiger partial charge in [0.05, 0.1) is 24.9 Å². The summed E-state index contributed by atoms with van der Waals surface area (Å²) in [5.41, 5.74) is 9.55. The Bertz CT molecular complexity index is 1320. The van der Waals surface area contributed by atoms with Crippen molar-refractivity contribution in [2.45, 2.75) is 13.1 Å². The van der Waals surface area contributed by atoms with E-state index in [9.17, 15) is 9.18 Å². The number of nitrogens with one attached hydrogen (secondary N) is 1. The Hall–Kier alpha value is -3.75. The largest absolute Gasteiger partial charge is 0.383 e. The molecule has 0 aliphatic carbocycles. The van der Waals surface area contributed by atoms with E-state index in [1.54, 1.807) is 48.5 Å². The Kier molecular flexibility index (Phi) is 7.20. The minimum atomic E-state index is -0.654. The van der Waals surface area contributed by atoms with E-state index < -0.39 is 11.7 Å². The highest BCUT2D eigenvalue weighted by Gasteiger charge is 2.15. The molecule has 2 aromatic carbocycles. The molecular formula is C25H23ClFN5O2. The molecule has 0 spiro atoms. The van der Waals surface area contributed by atoms with Gasteiger partial charge in [0.2, 0.25) is 0 Å². The zero-order valence-electron chi connectivity index (χ0n) is 18.5. The Morgan fingerprint density at radius 1 is 1.15 bits per heavy atom. The summed E-state index contributed by atoms with van der Waals surface area (Å²) >= 11 is 5.96. The van der Waals surface area contributed by atoms with Gasteiger partial charge in [0, 0.05) is 47.8 Å². The normalized spacial score (nSPS) is 10.9. The second-order valence-electron chi connectivity index (χ2n) is 7.65. The molecule has 9 heteroatoms. The predicted octanol–water partition coefficient (Wildman–Crippen LogP) is 4.56. The van der Waals surface area contributed by atoms with Gasteiger partial charge in [-0.1, -0.05) is 29.8 Å². The summed E-state index contributed by atoms with van der Waals surface area (Å²) in [6.45, 7) is 1.40. The third-order valence-electron chi connectivity index (χ3n) is 5.28. The molecule has 2 aromatic heterocycles. The van der Waals surface area contributed by atoms with Crippen LogP contribution in [0.5, 0.6) is 0 Å². The quantitative estimate of drug-likeness (QED) is 0.386. The lowest BCUT2D eigenvalue weighted by Crippen LogP contribution is -2.23. The number of hydrogen-bond donors (Lipinski definition) is 2. The highest BCUT2D eigenvalue weighted by molar-refractivity contribution is 6.30. The lowest BCUT2D eigenvalue weighted by Gasteiger charge is -2.10. The molecule has 0 aliphatic heterocycles. The zero-order valence-corrected chi connectivity index (χ0v) is 19.2. The first kappa shape index (κ1) is 23.4. The summed E-state index contributed by atoms with van der Waals surface area (Å²) in [7, 11) is 1.63. The molecule has 0 unspecified atom stereocenters. The zero-order chi connectivity index (χ0) is 24.1. The van der Waals surface area contributed by atoms with Crippen molar-refractivity contribution in [3.8, 4) is 22.3 Å². The maximum Gasteiger partial charge on any atom is 0.254 e. The molecule has 2 heterocycles. The Morgan fingerprint density at radius 3 is 2.76 bits per heavy atom. The first-order chi connectivity index (χ1) is 16.4. The van der Waals surface area contributed by atoms with Crippen LogP contribution in [-0.4, -0.2) is 34.4 Å². The third kappa shape index (κ3) is 5.41. The van der Waals surface area contributed by atoms with Crippen LogP contribution in [0.25, 0.3) is 22.3 Å². The van der Waals surface area contributed by atoms with Crippen molar-refractivity contribution in [1.29, 1.82) is 0 Å². The Morgan fingerprint density at radius 2 is 2.00 bits per heavy atom. The molecule has 0 radical (unpaired) electrons. The monoisotopic (exact) mass is 479 g/mol. The van der Waals surface area contributed by atoms with Crippen molar-refractivity contribution in [1.82, 2.24) is 20.1 Å². The van der Waals surface area contributed by atoms with Gasteiger partial charge in [-0.05, 0) is 41.5 Å². The summed E-state index contributed by atoms with van der Waals surface area (Å²) < 4.78 is 21.7. The lowest BCUT2D eigenvalue weighted by molar-refractivity contribution is 0.0947. The third-order valence-corrected chi connectivity index (χ3v) is 5.51. The van der Waals surface area contributed by atoms with Gasteiger partial charge >= 0.3 is 0 Å². The minimum Gasteiger partial charge on any atom is -0.383 e. The number of aromatic nitrogens is 3. The van der Waals surface area contributed by atoms with Crippen LogP contribution in [0.4, 0.5) is 10.2 Å². The van der Waals surface area contributed by atoms with Crippen molar-refractivity contribution in [2.24, 2.45) is 0 Å². The van der Waals surface area contributed by atoms with Gasteiger partial charge in [0.1, 0.15) is 11.6 Å². The molecule has 34 heavy (non-hydrogen) atoms. The van der Waals surface area contributed by atoms with E-state index in [2.05, 4.69) is 15.4 Å². The van der Waals surface area contributed by atoms with Crippen LogP contribution in [-0.2, 0) is 17.8 Å². The number of ether oxygens (including phenoxy) is 1. The number of nitrogens with zero attached hydrogens (tertiary/aromatic N) is 3. The van der Waals surface area contributed by atoms with E-state index in [1.807, 2.05) is 18.3 Å². The van der Waals surface area contributed by atoms with E-state index in [1.165, 1.54) is 12.1 Å². The van der Waals surface area contributed by atoms with E-state index in [-0.39, 0.29) is 17.9 Å². The molecule has 0 atom stereocenters. The summed E-state index contributed by atoms with van der Waals surface area (Å²) in [6.07, 6.45) is 5.25. The molecule has 0 saturated heterocycles. The molecule has 174 valence electrons. The number of halogens is 2. The first-order valence-corrected chi connectivity index (χ1v) is 10.9. The molecule has 0 fully saturated rings. The number of hydrogen-bond acceptors (Lipinski definition) is 5. The highest BCUT2D eigenvalue weighted by Crippen LogP contribution is 2.30. The molecule has 3 N–H and O–H groups in total. The summed E-state index contributed by atoms with van der Waals surface area (Å²) in [4.78, 5) is 16.8. The van der Waals surface area contributed by atoms with Crippen molar-refractivity contribution in [3.63, 3.8) is 0 Å². The second-order valence-corrected chi connectivity index (χ2v) is 8.09. The number of nitrogen functional groups attached to an aromatic ring is 1. The maximum absolute atomic E-state index is 14.9. The number of carbonyl (C=O) groups is 1. The lowest BCUT2D eigenvalue weighted by atomic mass is 10.0. The fourth-order valence-corrected chi connectivity index (χ4v) is 3.69. The summed E-state index contributed by atoms with van der Waals surface area (Å²) in [5.74, 6) is -0.918. The van der Waals surface area contributed by atoms with Gasteiger partial charge in [0.25, 0.3) is 5.91 Å². The number of nitrogens with two attached hydrogens (primary N) is 1. The van der Waals surface area contributed by atoms with Crippen LogP contribution in [0.2, 0.25) is 5.02 Å². The van der Waals surface area contributed by atoms with E-state index >= 15 is 0 Å². The smallest absolute Gasteiger partial charge is 0.254 e. The Labute approximate surface area is 201 Å². The number of carbonyl (C=O) groups excluding carboxylic acids is 1. The molecule has 0 aliphatic rings. The van der Waals surface area contributed by atoms with Crippen LogP contribution >= 0.6 is 11.6 Å². The van der Waals surface area contributed by atoms with Crippen LogP contribution < -0.4 is 11.1 Å². The Balaban J connectivity index is 1.53. The molecule has 0 saturated carbocycles. The molecule has 7 nitrogen and oxygen atoms in total. The van der Waals surface area contributed by atoms with Gasteiger partial charge in [-0.2, -0.15) is 5.10 Å². The van der Waals surface area contributed by atoms with Gasteiger partial charge in [-0.3, -0.25) is 9.48 Å². The fourth-order valence-electron chi connectivity index (χ4n) is 3.48. The van der Waals surface area contributed by atoms with Crippen LogP contribution in [0.15, 0.2) is 67.1 Å². The SMILES string of the molecule is COCCn1cc(-c2cnc(N)c(-c3ccc(C(=O)NCc4cccc(Cl)c4)c(F)c3)c2)cn1. The number of rotatable bonds is 8. The average Bonchev–Trinajstić information content (AvgIpc) is 3.30. The maximum atomic E-state index is 14.9. The first-order valence-electron chi connectivity index (χ1n) is 10.5. The van der Waals surface area contributed by atoms with Crippen molar-refractivity contribution in [2.75, 3.05) is 19.5 Å². The van der Waals surface area contributed by atoms with E-state index in [4.69, 9.17) is 22.1 Å². The molecule has 1 amide bonds. The standard InChI is InChI=1S/C25H23ClFN5O2/c1-34-8-7-32-15-19(14-31-32)18-10-22(24(28)29-13-18)17-5-6-21(23(27)11-17)25(33)30-12-16-3-2-4-20(26)9-16/h2-6,9-11,13-15H,7-8,12H2,1H3,(H2,28,29)(H,30,33). The van der Waals surface area contributed by atoms with Crippen molar-refractivity contribution < 1.29 is 13.9 Å². The van der Waals surface area contributed by atoms with Crippen LogP contribution in [0.1, 0.15) is 15.9 Å². The predicted molar refractivity (Wildman–Crippen MR) is 130 cm³/mol. The molecule has 4 aromatic rings. The van der Waals surface area contributed by atoms with Gasteiger partial charge in [-0.25, -0.2) is 9.37 Å². The topological polar surface area (TPSA) is 95.1 Å².